The molecule has 3 amide bonds. The Balaban J connectivity index is 2.01. The second kappa shape index (κ2) is 6.81. The van der Waals surface area contributed by atoms with E-state index in [4.69, 9.17) is 0 Å². The fourth-order valence-electron chi connectivity index (χ4n) is 2.91. The van der Waals surface area contributed by atoms with Gasteiger partial charge in [0.15, 0.2) is 0 Å². The molecule has 5 nitrogen and oxygen atoms in total. The number of likely N-dealkylation sites (tertiary alicyclic amines) is 1. The quantitative estimate of drug-likeness (QED) is 0.902. The Bertz CT molecular complexity index is 569. The fourth-order valence-corrected chi connectivity index (χ4v) is 2.91. The molecule has 1 saturated heterocycles. The average Bonchev–Trinajstić information content (AvgIpc) is 2.98. The molecule has 2 N–H and O–H groups in total. The fraction of sp³-hybridized carbons (Fsp3) is 0.529. The number of hydrogen-bond donors (Lipinski definition) is 2. The normalized spacial score (nSPS) is 17.7. The van der Waals surface area contributed by atoms with Crippen LogP contribution in [0.5, 0.6) is 0 Å². The zero-order chi connectivity index (χ0) is 16.3. The van der Waals surface area contributed by atoms with Crippen molar-refractivity contribution in [3.8, 4) is 0 Å². The first-order valence-corrected chi connectivity index (χ1v) is 7.80. The van der Waals surface area contributed by atoms with Crippen molar-refractivity contribution in [2.45, 2.75) is 33.1 Å². The lowest BCUT2D eigenvalue weighted by Gasteiger charge is -2.18. The number of urea groups is 1. The summed E-state index contributed by atoms with van der Waals surface area (Å²) in [5, 5.41) is 5.58. The SMILES string of the molecule is CNC(=O)[C@@H]1CCN(C(=O)Nc2ccc(C)c(C(C)C)c2)C1. The molecule has 120 valence electrons. The van der Waals surface area contributed by atoms with Crippen LogP contribution in [0, 0.1) is 12.8 Å². The van der Waals surface area contributed by atoms with Gasteiger partial charge in [0.2, 0.25) is 5.91 Å². The van der Waals surface area contributed by atoms with E-state index in [0.29, 0.717) is 19.0 Å². The third-order valence-corrected chi connectivity index (χ3v) is 4.25. The molecule has 2 rings (SSSR count). The number of aryl methyl sites for hydroxylation is 1. The van der Waals surface area contributed by atoms with Crippen LogP contribution in [-0.2, 0) is 4.79 Å². The van der Waals surface area contributed by atoms with E-state index < -0.39 is 0 Å². The van der Waals surface area contributed by atoms with Gasteiger partial charge in [-0.3, -0.25) is 4.79 Å². The highest BCUT2D eigenvalue weighted by Gasteiger charge is 2.30. The highest BCUT2D eigenvalue weighted by atomic mass is 16.2. The van der Waals surface area contributed by atoms with Crippen molar-refractivity contribution in [2.24, 2.45) is 5.92 Å². The summed E-state index contributed by atoms with van der Waals surface area (Å²) in [5.74, 6) is 0.328. The molecule has 1 fully saturated rings. The van der Waals surface area contributed by atoms with Crippen LogP contribution in [0.1, 0.15) is 37.3 Å². The van der Waals surface area contributed by atoms with E-state index in [9.17, 15) is 9.59 Å². The van der Waals surface area contributed by atoms with E-state index in [0.717, 1.165) is 12.1 Å². The molecule has 1 atom stereocenters. The minimum atomic E-state index is -0.134. The summed E-state index contributed by atoms with van der Waals surface area (Å²) in [5.41, 5.74) is 3.28. The van der Waals surface area contributed by atoms with Crippen LogP contribution in [0.15, 0.2) is 18.2 Å². The van der Waals surface area contributed by atoms with Crippen molar-refractivity contribution < 1.29 is 9.59 Å². The molecule has 1 aliphatic rings. The lowest BCUT2D eigenvalue weighted by Crippen LogP contribution is -2.35. The zero-order valence-corrected chi connectivity index (χ0v) is 13.8. The highest BCUT2D eigenvalue weighted by molar-refractivity contribution is 5.90. The molecule has 0 saturated carbocycles. The summed E-state index contributed by atoms with van der Waals surface area (Å²) in [7, 11) is 1.63. The lowest BCUT2D eigenvalue weighted by molar-refractivity contribution is -0.124. The van der Waals surface area contributed by atoms with Crippen molar-refractivity contribution in [2.75, 3.05) is 25.5 Å². The third-order valence-electron chi connectivity index (χ3n) is 4.25. The number of hydrogen-bond acceptors (Lipinski definition) is 2. The summed E-state index contributed by atoms with van der Waals surface area (Å²) < 4.78 is 0. The Morgan fingerprint density at radius 2 is 2.05 bits per heavy atom. The largest absolute Gasteiger partial charge is 0.359 e. The Hall–Kier alpha value is -2.04. The van der Waals surface area contributed by atoms with Crippen molar-refractivity contribution in [3.63, 3.8) is 0 Å². The number of anilines is 1. The Kier molecular flexibility index (Phi) is 5.06. The highest BCUT2D eigenvalue weighted by Crippen LogP contribution is 2.24. The molecule has 1 aromatic rings. The van der Waals surface area contributed by atoms with Crippen molar-refractivity contribution in [1.82, 2.24) is 10.2 Å². The van der Waals surface area contributed by atoms with Gasteiger partial charge in [-0.2, -0.15) is 0 Å². The molecule has 5 heteroatoms. The average molecular weight is 303 g/mol. The maximum atomic E-state index is 12.3. The molecule has 0 radical (unpaired) electrons. The first kappa shape index (κ1) is 16.3. The van der Waals surface area contributed by atoms with Crippen LogP contribution < -0.4 is 10.6 Å². The van der Waals surface area contributed by atoms with Gasteiger partial charge in [-0.05, 0) is 42.5 Å². The van der Waals surface area contributed by atoms with E-state index in [2.05, 4.69) is 31.4 Å². The van der Waals surface area contributed by atoms with Gasteiger partial charge in [0.25, 0.3) is 0 Å². The number of carbonyl (C=O) groups excluding carboxylic acids is 2. The monoisotopic (exact) mass is 303 g/mol. The molecule has 0 unspecified atom stereocenters. The van der Waals surface area contributed by atoms with Crippen molar-refractivity contribution in [1.29, 1.82) is 0 Å². The molecule has 0 spiro atoms. The van der Waals surface area contributed by atoms with Crippen LogP contribution in [-0.4, -0.2) is 37.0 Å². The second-order valence-electron chi connectivity index (χ2n) is 6.20. The number of benzene rings is 1. The number of carbonyl (C=O) groups is 2. The predicted molar refractivity (Wildman–Crippen MR) is 88.0 cm³/mol. The van der Waals surface area contributed by atoms with Gasteiger partial charge < -0.3 is 15.5 Å². The topological polar surface area (TPSA) is 61.4 Å². The summed E-state index contributed by atoms with van der Waals surface area (Å²) >= 11 is 0. The summed E-state index contributed by atoms with van der Waals surface area (Å²) in [6, 6.07) is 5.85. The van der Waals surface area contributed by atoms with E-state index >= 15 is 0 Å². The standard InChI is InChI=1S/C17H25N3O2/c1-11(2)15-9-14(6-5-12(15)3)19-17(22)20-8-7-13(10-20)16(21)18-4/h5-6,9,11,13H,7-8,10H2,1-4H3,(H,18,21)(H,19,22)/t13-/m1/s1. The van der Waals surface area contributed by atoms with Crippen molar-refractivity contribution in [3.05, 3.63) is 29.3 Å². The zero-order valence-electron chi connectivity index (χ0n) is 13.8. The molecule has 1 aromatic carbocycles. The van der Waals surface area contributed by atoms with Crippen LogP contribution in [0.25, 0.3) is 0 Å². The van der Waals surface area contributed by atoms with Gasteiger partial charge >= 0.3 is 6.03 Å². The van der Waals surface area contributed by atoms with Gasteiger partial charge in [0.1, 0.15) is 0 Å². The lowest BCUT2D eigenvalue weighted by atomic mass is 9.97. The van der Waals surface area contributed by atoms with E-state index in [-0.39, 0.29) is 17.9 Å². The van der Waals surface area contributed by atoms with Gasteiger partial charge in [0.05, 0.1) is 5.92 Å². The molecule has 22 heavy (non-hydrogen) atoms. The Morgan fingerprint density at radius 1 is 1.32 bits per heavy atom. The molecule has 1 aliphatic heterocycles. The second-order valence-corrected chi connectivity index (χ2v) is 6.20. The number of nitrogens with one attached hydrogen (secondary N) is 2. The van der Waals surface area contributed by atoms with E-state index in [1.165, 1.54) is 11.1 Å². The van der Waals surface area contributed by atoms with Gasteiger partial charge in [-0.25, -0.2) is 4.79 Å². The summed E-state index contributed by atoms with van der Waals surface area (Å²) in [6.07, 6.45) is 0.720. The maximum Gasteiger partial charge on any atom is 0.321 e. The molecule has 1 heterocycles. The first-order chi connectivity index (χ1) is 10.4. The minimum absolute atomic E-state index is 0.00716. The third kappa shape index (κ3) is 3.59. The van der Waals surface area contributed by atoms with Crippen LogP contribution >= 0.6 is 0 Å². The smallest absolute Gasteiger partial charge is 0.321 e. The molecule has 0 aliphatic carbocycles. The first-order valence-electron chi connectivity index (χ1n) is 7.80. The van der Waals surface area contributed by atoms with E-state index in [1.807, 2.05) is 18.2 Å². The molecule has 0 aromatic heterocycles. The number of rotatable bonds is 3. The van der Waals surface area contributed by atoms with E-state index in [1.54, 1.807) is 11.9 Å². The Labute approximate surface area is 132 Å². The molecular formula is C17H25N3O2. The number of amides is 3. The predicted octanol–water partition coefficient (Wildman–Crippen LogP) is 2.72. The maximum absolute atomic E-state index is 12.3. The van der Waals surface area contributed by atoms with Crippen LogP contribution in [0.4, 0.5) is 10.5 Å². The van der Waals surface area contributed by atoms with Crippen LogP contribution in [0.3, 0.4) is 0 Å². The van der Waals surface area contributed by atoms with Gasteiger partial charge in [-0.15, -0.1) is 0 Å². The van der Waals surface area contributed by atoms with Gasteiger partial charge in [-0.1, -0.05) is 19.9 Å². The molecule has 0 bridgehead atoms. The summed E-state index contributed by atoms with van der Waals surface area (Å²) in [4.78, 5) is 25.7. The Morgan fingerprint density at radius 3 is 2.68 bits per heavy atom. The van der Waals surface area contributed by atoms with Gasteiger partial charge in [0, 0.05) is 25.8 Å². The minimum Gasteiger partial charge on any atom is -0.359 e. The summed E-state index contributed by atoms with van der Waals surface area (Å²) in [6.45, 7) is 7.46. The van der Waals surface area contributed by atoms with Crippen molar-refractivity contribution >= 4 is 17.6 Å². The number of nitrogens with zero attached hydrogens (tertiary/aromatic N) is 1. The molecular weight excluding hydrogens is 278 g/mol. The van der Waals surface area contributed by atoms with Crippen LogP contribution in [0.2, 0.25) is 0 Å².